The minimum absolute atomic E-state index is 0.526. The van der Waals surface area contributed by atoms with Gasteiger partial charge in [-0.15, -0.1) is 0 Å². The van der Waals surface area contributed by atoms with E-state index in [0.29, 0.717) is 6.04 Å². The van der Waals surface area contributed by atoms with Crippen LogP contribution < -0.4 is 5.32 Å². The SMILES string of the molecule is CN(C)CC1Cc2cc(Cl)ccc2N1. The van der Waals surface area contributed by atoms with Gasteiger partial charge in [-0.25, -0.2) is 0 Å². The molecule has 0 spiro atoms. The molecular formula is C11H15ClN2. The lowest BCUT2D eigenvalue weighted by molar-refractivity contribution is 0.386. The van der Waals surface area contributed by atoms with Crippen LogP contribution in [0.3, 0.4) is 0 Å². The Hall–Kier alpha value is -0.730. The molecule has 1 atom stereocenters. The van der Waals surface area contributed by atoms with Crippen molar-refractivity contribution in [3.05, 3.63) is 28.8 Å². The maximum absolute atomic E-state index is 5.94. The zero-order valence-corrected chi connectivity index (χ0v) is 9.30. The molecule has 0 aromatic heterocycles. The van der Waals surface area contributed by atoms with E-state index in [1.54, 1.807) is 0 Å². The molecule has 0 aliphatic carbocycles. The second kappa shape index (κ2) is 3.79. The number of likely N-dealkylation sites (N-methyl/N-ethyl adjacent to an activating group) is 1. The van der Waals surface area contributed by atoms with Gasteiger partial charge < -0.3 is 10.2 Å². The van der Waals surface area contributed by atoms with Gasteiger partial charge in [0.15, 0.2) is 0 Å². The van der Waals surface area contributed by atoms with Crippen molar-refractivity contribution in [2.45, 2.75) is 12.5 Å². The van der Waals surface area contributed by atoms with Crippen molar-refractivity contribution < 1.29 is 0 Å². The Morgan fingerprint density at radius 2 is 2.29 bits per heavy atom. The molecule has 1 N–H and O–H groups in total. The molecule has 2 rings (SSSR count). The lowest BCUT2D eigenvalue weighted by Gasteiger charge is -2.16. The van der Waals surface area contributed by atoms with E-state index in [4.69, 9.17) is 11.6 Å². The highest BCUT2D eigenvalue weighted by molar-refractivity contribution is 6.30. The Balaban J connectivity index is 2.10. The molecule has 1 aromatic carbocycles. The molecule has 1 aliphatic rings. The van der Waals surface area contributed by atoms with Crippen molar-refractivity contribution in [3.8, 4) is 0 Å². The van der Waals surface area contributed by atoms with Gasteiger partial charge >= 0.3 is 0 Å². The second-order valence-corrected chi connectivity index (χ2v) is 4.55. The van der Waals surface area contributed by atoms with Gasteiger partial charge in [0, 0.05) is 23.3 Å². The molecule has 2 nitrogen and oxygen atoms in total. The summed E-state index contributed by atoms with van der Waals surface area (Å²) in [7, 11) is 4.19. The average Bonchev–Trinajstić information content (AvgIpc) is 2.44. The molecule has 76 valence electrons. The van der Waals surface area contributed by atoms with Crippen LogP contribution in [0.5, 0.6) is 0 Å². The van der Waals surface area contributed by atoms with Gasteiger partial charge in [-0.05, 0) is 44.3 Å². The third-order valence-corrected chi connectivity index (χ3v) is 2.71. The molecular weight excluding hydrogens is 196 g/mol. The zero-order chi connectivity index (χ0) is 10.1. The summed E-state index contributed by atoms with van der Waals surface area (Å²) >= 11 is 5.94. The fourth-order valence-corrected chi connectivity index (χ4v) is 2.15. The number of hydrogen-bond acceptors (Lipinski definition) is 2. The van der Waals surface area contributed by atoms with E-state index in [1.807, 2.05) is 6.07 Å². The normalized spacial score (nSPS) is 19.6. The lowest BCUT2D eigenvalue weighted by Crippen LogP contribution is -2.30. The van der Waals surface area contributed by atoms with Crippen molar-refractivity contribution in [1.29, 1.82) is 0 Å². The molecule has 0 fully saturated rings. The smallest absolute Gasteiger partial charge is 0.0429 e. The molecule has 0 saturated heterocycles. The summed E-state index contributed by atoms with van der Waals surface area (Å²) in [6.45, 7) is 1.06. The quantitative estimate of drug-likeness (QED) is 0.806. The summed E-state index contributed by atoms with van der Waals surface area (Å²) in [5, 5.41) is 4.32. The van der Waals surface area contributed by atoms with Crippen LogP contribution in [0.4, 0.5) is 5.69 Å². The Morgan fingerprint density at radius 1 is 1.50 bits per heavy atom. The molecule has 0 radical (unpaired) electrons. The summed E-state index contributed by atoms with van der Waals surface area (Å²) in [6, 6.07) is 6.58. The first kappa shape index (κ1) is 9.81. The van der Waals surface area contributed by atoms with Crippen molar-refractivity contribution in [3.63, 3.8) is 0 Å². The van der Waals surface area contributed by atoms with Gasteiger partial charge in [0.1, 0.15) is 0 Å². The second-order valence-electron chi connectivity index (χ2n) is 4.11. The largest absolute Gasteiger partial charge is 0.380 e. The number of rotatable bonds is 2. The van der Waals surface area contributed by atoms with Crippen LogP contribution in [0.25, 0.3) is 0 Å². The Labute approximate surface area is 89.9 Å². The van der Waals surface area contributed by atoms with Crippen LogP contribution >= 0.6 is 11.6 Å². The third-order valence-electron chi connectivity index (χ3n) is 2.48. The summed E-state index contributed by atoms with van der Waals surface area (Å²) < 4.78 is 0. The molecule has 1 aliphatic heterocycles. The molecule has 1 unspecified atom stereocenters. The van der Waals surface area contributed by atoms with E-state index in [9.17, 15) is 0 Å². The van der Waals surface area contributed by atoms with E-state index in [-0.39, 0.29) is 0 Å². The minimum atomic E-state index is 0.526. The lowest BCUT2D eigenvalue weighted by atomic mass is 10.1. The Morgan fingerprint density at radius 3 is 3.00 bits per heavy atom. The summed E-state index contributed by atoms with van der Waals surface area (Å²) in [5.74, 6) is 0. The number of benzene rings is 1. The molecule has 0 saturated carbocycles. The number of nitrogens with one attached hydrogen (secondary N) is 1. The molecule has 0 amide bonds. The van der Waals surface area contributed by atoms with Crippen LogP contribution in [-0.2, 0) is 6.42 Å². The zero-order valence-electron chi connectivity index (χ0n) is 8.55. The van der Waals surface area contributed by atoms with E-state index in [2.05, 4.69) is 36.4 Å². The molecule has 14 heavy (non-hydrogen) atoms. The first-order chi connectivity index (χ1) is 6.65. The van der Waals surface area contributed by atoms with Crippen molar-refractivity contribution in [2.24, 2.45) is 0 Å². The van der Waals surface area contributed by atoms with Gasteiger partial charge in [0.25, 0.3) is 0 Å². The maximum Gasteiger partial charge on any atom is 0.0429 e. The van der Waals surface area contributed by atoms with Gasteiger partial charge in [0.05, 0.1) is 0 Å². The first-order valence-corrected chi connectivity index (χ1v) is 5.22. The maximum atomic E-state index is 5.94. The van der Waals surface area contributed by atoms with Crippen molar-refractivity contribution in [2.75, 3.05) is 26.0 Å². The predicted octanol–water partition coefficient (Wildman–Crippen LogP) is 2.24. The number of anilines is 1. The van der Waals surface area contributed by atoms with Crippen molar-refractivity contribution in [1.82, 2.24) is 4.90 Å². The topological polar surface area (TPSA) is 15.3 Å². The molecule has 3 heteroatoms. The fraction of sp³-hybridized carbons (Fsp3) is 0.455. The molecule has 0 bridgehead atoms. The highest BCUT2D eigenvalue weighted by Crippen LogP contribution is 2.28. The van der Waals surface area contributed by atoms with Crippen LogP contribution in [-0.4, -0.2) is 31.6 Å². The highest BCUT2D eigenvalue weighted by Gasteiger charge is 2.20. The summed E-state index contributed by atoms with van der Waals surface area (Å²) in [5.41, 5.74) is 2.57. The monoisotopic (exact) mass is 210 g/mol. The first-order valence-electron chi connectivity index (χ1n) is 4.85. The van der Waals surface area contributed by atoms with Gasteiger partial charge in [-0.1, -0.05) is 11.6 Å². The van der Waals surface area contributed by atoms with E-state index < -0.39 is 0 Å². The molecule has 1 heterocycles. The van der Waals surface area contributed by atoms with Gasteiger partial charge in [0.2, 0.25) is 0 Å². The van der Waals surface area contributed by atoms with E-state index >= 15 is 0 Å². The Kier molecular flexibility index (Phi) is 2.66. The van der Waals surface area contributed by atoms with Gasteiger partial charge in [-0.3, -0.25) is 0 Å². The summed E-state index contributed by atoms with van der Waals surface area (Å²) in [6.07, 6.45) is 1.08. The number of fused-ring (bicyclic) bond motifs is 1. The summed E-state index contributed by atoms with van der Waals surface area (Å²) in [4.78, 5) is 2.20. The highest BCUT2D eigenvalue weighted by atomic mass is 35.5. The van der Waals surface area contributed by atoms with Crippen molar-refractivity contribution >= 4 is 17.3 Å². The predicted molar refractivity (Wildman–Crippen MR) is 61.1 cm³/mol. The fourth-order valence-electron chi connectivity index (χ4n) is 1.96. The van der Waals surface area contributed by atoms with E-state index in [1.165, 1.54) is 11.3 Å². The Bertz CT molecular complexity index is 336. The third kappa shape index (κ3) is 2.02. The van der Waals surface area contributed by atoms with Crippen LogP contribution in [0.2, 0.25) is 5.02 Å². The standard InChI is InChI=1S/C11H15ClN2/c1-14(2)7-10-6-8-5-9(12)3-4-11(8)13-10/h3-5,10,13H,6-7H2,1-2H3. The van der Waals surface area contributed by atoms with E-state index in [0.717, 1.165) is 18.0 Å². The molecule has 1 aromatic rings. The minimum Gasteiger partial charge on any atom is -0.380 e. The van der Waals surface area contributed by atoms with Crippen LogP contribution in [0, 0.1) is 0 Å². The van der Waals surface area contributed by atoms with Crippen LogP contribution in [0.1, 0.15) is 5.56 Å². The number of halogens is 1. The van der Waals surface area contributed by atoms with Crippen LogP contribution in [0.15, 0.2) is 18.2 Å². The number of hydrogen-bond donors (Lipinski definition) is 1. The van der Waals surface area contributed by atoms with Gasteiger partial charge in [-0.2, -0.15) is 0 Å². The average molecular weight is 211 g/mol. The number of nitrogens with zero attached hydrogens (tertiary/aromatic N) is 1.